The number of nitrogens with two attached hydrogens (primary N) is 1. The molecule has 5 unspecified atom stereocenters. The van der Waals surface area contributed by atoms with Crippen LogP contribution in [0.25, 0.3) is 0 Å². The first-order valence-corrected chi connectivity index (χ1v) is 7.58. The molecule has 1 fully saturated rings. The van der Waals surface area contributed by atoms with E-state index in [-0.39, 0.29) is 0 Å². The van der Waals surface area contributed by atoms with Crippen LogP contribution in [-0.2, 0) is 0 Å². The summed E-state index contributed by atoms with van der Waals surface area (Å²) in [6.07, 6.45) is 1.20. The first kappa shape index (κ1) is 12.7. The van der Waals surface area contributed by atoms with Crippen LogP contribution in [0.5, 0.6) is 0 Å². The lowest BCUT2D eigenvalue weighted by molar-refractivity contribution is 0.440. The summed E-state index contributed by atoms with van der Waals surface area (Å²) in [6.45, 7) is 9.17. The molecular formula is C11H23NS2. The molecule has 0 amide bonds. The van der Waals surface area contributed by atoms with E-state index < -0.39 is 0 Å². The Kier molecular flexibility index (Phi) is 5.15. The smallest absolute Gasteiger partial charge is 0.0295 e. The van der Waals surface area contributed by atoms with Crippen molar-refractivity contribution >= 4 is 23.5 Å². The van der Waals surface area contributed by atoms with Crippen LogP contribution in [0.15, 0.2) is 0 Å². The highest BCUT2D eigenvalue weighted by molar-refractivity contribution is 8.07. The van der Waals surface area contributed by atoms with Gasteiger partial charge in [0.2, 0.25) is 0 Å². The quantitative estimate of drug-likeness (QED) is 0.811. The summed E-state index contributed by atoms with van der Waals surface area (Å²) in [5.74, 6) is 1.90. The Bertz CT molecular complexity index is 175. The second-order valence-corrected chi connectivity index (χ2v) is 7.41. The van der Waals surface area contributed by atoms with E-state index in [0.717, 1.165) is 10.5 Å². The average molecular weight is 233 g/mol. The van der Waals surface area contributed by atoms with Crippen molar-refractivity contribution in [2.45, 2.75) is 55.9 Å². The average Bonchev–Trinajstić information content (AvgIpc) is 2.20. The van der Waals surface area contributed by atoms with Gasteiger partial charge in [0.15, 0.2) is 0 Å². The normalized spacial score (nSPS) is 37.9. The molecule has 1 rings (SSSR count). The Morgan fingerprint density at radius 3 is 2.50 bits per heavy atom. The largest absolute Gasteiger partial charge is 0.326 e. The Labute approximate surface area is 97.0 Å². The minimum Gasteiger partial charge on any atom is -0.326 e. The zero-order valence-corrected chi connectivity index (χ0v) is 11.3. The minimum atomic E-state index is 0.382. The third-order valence-electron chi connectivity index (χ3n) is 3.30. The van der Waals surface area contributed by atoms with Gasteiger partial charge in [-0.15, -0.1) is 0 Å². The molecule has 0 aromatic rings. The Balaban J connectivity index is 2.45. The fourth-order valence-electron chi connectivity index (χ4n) is 1.65. The number of thioether (sulfide) groups is 2. The molecule has 0 saturated carbocycles. The molecule has 2 N–H and O–H groups in total. The summed E-state index contributed by atoms with van der Waals surface area (Å²) >= 11 is 4.19. The molecule has 0 aromatic carbocycles. The Hall–Kier alpha value is 0.660. The monoisotopic (exact) mass is 233 g/mol. The molecule has 0 bridgehead atoms. The van der Waals surface area contributed by atoms with Crippen LogP contribution < -0.4 is 5.73 Å². The fourth-order valence-corrected chi connectivity index (χ4v) is 4.84. The predicted octanol–water partition coefficient (Wildman–Crippen LogP) is 2.99. The highest BCUT2D eigenvalue weighted by Gasteiger charge is 2.31. The topological polar surface area (TPSA) is 26.0 Å². The fraction of sp³-hybridized carbons (Fsp3) is 1.00. The molecule has 3 heteroatoms. The van der Waals surface area contributed by atoms with Crippen LogP contribution in [0, 0.1) is 5.92 Å². The van der Waals surface area contributed by atoms with E-state index in [1.165, 1.54) is 12.2 Å². The van der Waals surface area contributed by atoms with Crippen molar-refractivity contribution in [1.29, 1.82) is 0 Å². The van der Waals surface area contributed by atoms with E-state index in [1.54, 1.807) is 0 Å². The Morgan fingerprint density at radius 2 is 2.00 bits per heavy atom. The van der Waals surface area contributed by atoms with E-state index in [9.17, 15) is 0 Å². The van der Waals surface area contributed by atoms with Crippen LogP contribution in [0.2, 0.25) is 0 Å². The summed E-state index contributed by atoms with van der Waals surface area (Å²) in [5, 5.41) is 2.22. The maximum absolute atomic E-state index is 6.28. The van der Waals surface area contributed by atoms with Gasteiger partial charge in [0.25, 0.3) is 0 Å². The lowest BCUT2D eigenvalue weighted by Gasteiger charge is -2.36. The van der Waals surface area contributed by atoms with Gasteiger partial charge in [0.1, 0.15) is 0 Å². The van der Waals surface area contributed by atoms with Crippen LogP contribution >= 0.6 is 23.5 Å². The summed E-state index contributed by atoms with van der Waals surface area (Å²) in [6, 6.07) is 0.382. The first-order chi connectivity index (χ1) is 6.56. The van der Waals surface area contributed by atoms with Crippen LogP contribution in [-0.4, -0.2) is 27.5 Å². The number of rotatable bonds is 3. The second-order valence-electron chi connectivity index (χ2n) is 4.38. The molecule has 1 aliphatic heterocycles. The zero-order valence-electron chi connectivity index (χ0n) is 9.69. The number of hydrogen-bond acceptors (Lipinski definition) is 3. The molecule has 5 atom stereocenters. The third kappa shape index (κ3) is 3.07. The second kappa shape index (κ2) is 5.66. The standard InChI is InChI=1S/C11H23NS2/c1-5-7(2)11(12)10-6-13-8(3)9(4)14-10/h7-11H,5-6,12H2,1-4H3. The Morgan fingerprint density at radius 1 is 1.36 bits per heavy atom. The first-order valence-electron chi connectivity index (χ1n) is 5.58. The van der Waals surface area contributed by atoms with Gasteiger partial charge in [0, 0.05) is 27.5 Å². The van der Waals surface area contributed by atoms with Gasteiger partial charge in [-0.3, -0.25) is 0 Å². The molecule has 1 nitrogen and oxygen atoms in total. The van der Waals surface area contributed by atoms with Gasteiger partial charge in [0.05, 0.1) is 0 Å². The van der Waals surface area contributed by atoms with Gasteiger partial charge < -0.3 is 5.73 Å². The lowest BCUT2D eigenvalue weighted by atomic mass is 9.98. The van der Waals surface area contributed by atoms with Crippen molar-refractivity contribution in [3.8, 4) is 0 Å². The van der Waals surface area contributed by atoms with Gasteiger partial charge in [-0.25, -0.2) is 0 Å². The molecule has 0 spiro atoms. The van der Waals surface area contributed by atoms with Gasteiger partial charge in [-0.05, 0) is 5.92 Å². The van der Waals surface area contributed by atoms with Crippen LogP contribution in [0.4, 0.5) is 0 Å². The molecule has 0 radical (unpaired) electrons. The van der Waals surface area contributed by atoms with Gasteiger partial charge in [-0.2, -0.15) is 23.5 Å². The van der Waals surface area contributed by atoms with E-state index in [4.69, 9.17) is 5.73 Å². The lowest BCUT2D eigenvalue weighted by Crippen LogP contribution is -2.43. The zero-order chi connectivity index (χ0) is 10.7. The van der Waals surface area contributed by atoms with Crippen LogP contribution in [0.1, 0.15) is 34.1 Å². The number of hydrogen-bond donors (Lipinski definition) is 1. The molecule has 1 heterocycles. The summed E-state index contributed by atoms with van der Waals surface area (Å²) in [7, 11) is 0. The van der Waals surface area contributed by atoms with Gasteiger partial charge >= 0.3 is 0 Å². The van der Waals surface area contributed by atoms with Crippen molar-refractivity contribution in [3.63, 3.8) is 0 Å². The highest BCUT2D eigenvalue weighted by Crippen LogP contribution is 2.38. The van der Waals surface area contributed by atoms with Crippen molar-refractivity contribution in [3.05, 3.63) is 0 Å². The molecule has 0 aromatic heterocycles. The molecule has 84 valence electrons. The van der Waals surface area contributed by atoms with E-state index >= 15 is 0 Å². The summed E-state index contributed by atoms with van der Waals surface area (Å²) < 4.78 is 0. The third-order valence-corrected chi connectivity index (χ3v) is 6.84. The van der Waals surface area contributed by atoms with E-state index in [1.807, 2.05) is 0 Å². The van der Waals surface area contributed by atoms with Gasteiger partial charge in [-0.1, -0.05) is 34.1 Å². The van der Waals surface area contributed by atoms with Crippen molar-refractivity contribution in [1.82, 2.24) is 0 Å². The van der Waals surface area contributed by atoms with Crippen LogP contribution in [0.3, 0.4) is 0 Å². The molecule has 0 aliphatic carbocycles. The SMILES string of the molecule is CCC(C)C(N)C1CSC(C)C(C)S1. The highest BCUT2D eigenvalue weighted by atomic mass is 32.2. The molecule has 1 aliphatic rings. The summed E-state index contributed by atoms with van der Waals surface area (Å²) in [5.41, 5.74) is 6.28. The molecular weight excluding hydrogens is 210 g/mol. The van der Waals surface area contributed by atoms with Crippen molar-refractivity contribution in [2.75, 3.05) is 5.75 Å². The van der Waals surface area contributed by atoms with E-state index in [2.05, 4.69) is 51.2 Å². The summed E-state index contributed by atoms with van der Waals surface area (Å²) in [4.78, 5) is 0. The minimum absolute atomic E-state index is 0.382. The van der Waals surface area contributed by atoms with Crippen molar-refractivity contribution in [2.24, 2.45) is 11.7 Å². The molecule has 1 saturated heterocycles. The maximum Gasteiger partial charge on any atom is 0.0295 e. The maximum atomic E-state index is 6.28. The van der Waals surface area contributed by atoms with E-state index in [0.29, 0.717) is 17.2 Å². The van der Waals surface area contributed by atoms with Crippen molar-refractivity contribution < 1.29 is 0 Å². The molecule has 14 heavy (non-hydrogen) atoms. The predicted molar refractivity (Wildman–Crippen MR) is 70.2 cm³/mol.